The predicted octanol–water partition coefficient (Wildman–Crippen LogP) is 21.9. The molecule has 6 nitrogen and oxygen atoms in total. The third-order valence-electron chi connectivity index (χ3n) is 14.2. The number of allylic oxidation sites excluding steroid dienone is 10. The van der Waals surface area contributed by atoms with Crippen molar-refractivity contribution in [3.63, 3.8) is 0 Å². The molecule has 0 rings (SSSR count). The van der Waals surface area contributed by atoms with E-state index in [9.17, 15) is 14.4 Å². The monoisotopic (exact) mass is 1030 g/mol. The Morgan fingerprint density at radius 3 is 0.797 bits per heavy atom. The standard InChI is InChI=1S/C68H122O6/c1-4-7-10-13-16-19-22-24-26-27-28-29-30-31-32-33-34-35-36-37-38-39-40-41-42-44-46-49-52-55-58-61-67(70)73-64-65(63-72-66(69)60-57-54-51-48-45-21-18-15-12-9-6-3)74-68(71)62-59-56-53-50-47-43-25-23-20-17-14-11-8-5-2/h14-15,17-18,22-25,27-28,65H,4-13,16,19-21,26,29-64H2,1-3H3/b17-14-,18-15-,24-22-,25-23-,28-27-. The van der Waals surface area contributed by atoms with Gasteiger partial charge in [-0.25, -0.2) is 0 Å². The third kappa shape index (κ3) is 60.0. The van der Waals surface area contributed by atoms with Gasteiger partial charge in [-0.15, -0.1) is 0 Å². The van der Waals surface area contributed by atoms with Gasteiger partial charge in [0.15, 0.2) is 6.10 Å². The third-order valence-corrected chi connectivity index (χ3v) is 14.2. The largest absolute Gasteiger partial charge is 0.462 e. The lowest BCUT2D eigenvalue weighted by Crippen LogP contribution is -2.30. The first kappa shape index (κ1) is 71.1. The van der Waals surface area contributed by atoms with Gasteiger partial charge in [-0.05, 0) is 96.3 Å². The van der Waals surface area contributed by atoms with Crippen molar-refractivity contribution in [1.82, 2.24) is 0 Å². The van der Waals surface area contributed by atoms with Crippen LogP contribution in [-0.2, 0) is 28.6 Å². The number of unbranched alkanes of at least 4 members (excludes halogenated alkanes) is 38. The second-order valence-corrected chi connectivity index (χ2v) is 21.7. The molecule has 0 aliphatic carbocycles. The number of esters is 3. The molecule has 1 atom stereocenters. The summed E-state index contributed by atoms with van der Waals surface area (Å²) in [4.78, 5) is 38.1. The van der Waals surface area contributed by atoms with E-state index in [0.29, 0.717) is 19.3 Å². The van der Waals surface area contributed by atoms with E-state index in [2.05, 4.69) is 81.5 Å². The van der Waals surface area contributed by atoms with Crippen LogP contribution in [0.3, 0.4) is 0 Å². The molecule has 0 N–H and O–H groups in total. The Labute approximate surface area is 460 Å². The zero-order valence-electron chi connectivity index (χ0n) is 49.4. The van der Waals surface area contributed by atoms with Crippen LogP contribution in [0, 0.1) is 0 Å². The second-order valence-electron chi connectivity index (χ2n) is 21.7. The van der Waals surface area contributed by atoms with E-state index in [4.69, 9.17) is 14.2 Å². The van der Waals surface area contributed by atoms with Gasteiger partial charge in [0.2, 0.25) is 0 Å². The highest BCUT2D eigenvalue weighted by Gasteiger charge is 2.19. The average molecular weight is 1040 g/mol. The van der Waals surface area contributed by atoms with Crippen molar-refractivity contribution < 1.29 is 28.6 Å². The lowest BCUT2D eigenvalue weighted by atomic mass is 10.0. The first-order chi connectivity index (χ1) is 36.5. The van der Waals surface area contributed by atoms with Gasteiger partial charge < -0.3 is 14.2 Å². The quantitative estimate of drug-likeness (QED) is 0.0261. The molecule has 0 saturated carbocycles. The molecule has 0 fully saturated rings. The summed E-state index contributed by atoms with van der Waals surface area (Å²) in [5.74, 6) is -0.890. The average Bonchev–Trinajstić information content (AvgIpc) is 3.40. The number of ether oxygens (including phenoxy) is 3. The Bertz CT molecular complexity index is 1330. The fraction of sp³-hybridized carbons (Fsp3) is 0.809. The van der Waals surface area contributed by atoms with Gasteiger partial charge in [0.05, 0.1) is 0 Å². The van der Waals surface area contributed by atoms with Crippen molar-refractivity contribution in [1.29, 1.82) is 0 Å². The van der Waals surface area contributed by atoms with E-state index >= 15 is 0 Å². The van der Waals surface area contributed by atoms with Crippen LogP contribution in [0.2, 0.25) is 0 Å². The molecule has 0 radical (unpaired) electrons. The Balaban J connectivity index is 4.10. The maximum absolute atomic E-state index is 12.8. The summed E-state index contributed by atoms with van der Waals surface area (Å²) in [6.07, 6.45) is 79.6. The van der Waals surface area contributed by atoms with E-state index in [1.165, 1.54) is 199 Å². The van der Waals surface area contributed by atoms with Crippen LogP contribution < -0.4 is 0 Å². The lowest BCUT2D eigenvalue weighted by Gasteiger charge is -2.18. The molecule has 0 saturated heterocycles. The van der Waals surface area contributed by atoms with Crippen LogP contribution in [0.5, 0.6) is 0 Å². The van der Waals surface area contributed by atoms with Crippen molar-refractivity contribution in [2.24, 2.45) is 0 Å². The highest BCUT2D eigenvalue weighted by Crippen LogP contribution is 2.17. The van der Waals surface area contributed by atoms with E-state index in [1.54, 1.807) is 0 Å². The molecule has 0 bridgehead atoms. The van der Waals surface area contributed by atoms with E-state index in [1.807, 2.05) is 0 Å². The second kappa shape index (κ2) is 62.6. The highest BCUT2D eigenvalue weighted by molar-refractivity contribution is 5.71. The van der Waals surface area contributed by atoms with E-state index in [0.717, 1.165) is 96.3 Å². The summed E-state index contributed by atoms with van der Waals surface area (Å²) in [6, 6.07) is 0. The molecule has 0 aliphatic heterocycles. The summed E-state index contributed by atoms with van der Waals surface area (Å²) < 4.78 is 16.9. The zero-order valence-corrected chi connectivity index (χ0v) is 49.4. The van der Waals surface area contributed by atoms with Crippen molar-refractivity contribution in [2.45, 2.75) is 341 Å². The van der Waals surface area contributed by atoms with Crippen molar-refractivity contribution >= 4 is 17.9 Å². The molecular weight excluding hydrogens is 913 g/mol. The molecule has 1 unspecified atom stereocenters. The Hall–Kier alpha value is -2.89. The molecule has 0 aromatic carbocycles. The SMILES string of the molecule is CCCC/C=C\C/C=C\CCCCCCCC(=O)OC(COC(=O)CCCCCCC/C=C\CCCC)COC(=O)CCCCCCCCCCCCCCCCCCCCC/C=C\C/C=C\CCCCCCC. The topological polar surface area (TPSA) is 78.9 Å². The molecule has 0 amide bonds. The minimum atomic E-state index is -0.783. The Kier molecular flexibility index (Phi) is 60.2. The Morgan fingerprint density at radius 2 is 0.500 bits per heavy atom. The maximum atomic E-state index is 12.8. The van der Waals surface area contributed by atoms with Crippen LogP contribution in [0.25, 0.3) is 0 Å². The van der Waals surface area contributed by atoms with Gasteiger partial charge in [0.1, 0.15) is 13.2 Å². The van der Waals surface area contributed by atoms with Crippen LogP contribution in [0.4, 0.5) is 0 Å². The van der Waals surface area contributed by atoms with Crippen LogP contribution in [0.15, 0.2) is 60.8 Å². The molecule has 6 heteroatoms. The van der Waals surface area contributed by atoms with Crippen molar-refractivity contribution in [3.05, 3.63) is 60.8 Å². The number of rotatable bonds is 59. The van der Waals surface area contributed by atoms with Gasteiger partial charge in [0.25, 0.3) is 0 Å². The number of hydrogen-bond acceptors (Lipinski definition) is 6. The van der Waals surface area contributed by atoms with Gasteiger partial charge >= 0.3 is 17.9 Å². The summed E-state index contributed by atoms with van der Waals surface area (Å²) in [7, 11) is 0. The van der Waals surface area contributed by atoms with Gasteiger partial charge in [-0.3, -0.25) is 14.4 Å². The summed E-state index contributed by atoms with van der Waals surface area (Å²) in [5.41, 5.74) is 0. The zero-order chi connectivity index (χ0) is 53.6. The molecule has 0 aliphatic rings. The molecule has 0 heterocycles. The van der Waals surface area contributed by atoms with Gasteiger partial charge in [-0.1, -0.05) is 281 Å². The summed E-state index contributed by atoms with van der Waals surface area (Å²) in [5, 5.41) is 0. The van der Waals surface area contributed by atoms with Crippen LogP contribution >= 0.6 is 0 Å². The number of carbonyl (C=O) groups excluding carboxylic acids is 3. The lowest BCUT2D eigenvalue weighted by molar-refractivity contribution is -0.167. The summed E-state index contributed by atoms with van der Waals surface area (Å²) in [6.45, 7) is 6.56. The van der Waals surface area contributed by atoms with Gasteiger partial charge in [-0.2, -0.15) is 0 Å². The molecule has 0 aromatic rings. The highest BCUT2D eigenvalue weighted by atomic mass is 16.6. The maximum Gasteiger partial charge on any atom is 0.306 e. The van der Waals surface area contributed by atoms with Crippen molar-refractivity contribution in [3.8, 4) is 0 Å². The van der Waals surface area contributed by atoms with E-state index < -0.39 is 6.10 Å². The molecule has 430 valence electrons. The first-order valence-electron chi connectivity index (χ1n) is 32.3. The van der Waals surface area contributed by atoms with E-state index in [-0.39, 0.29) is 31.1 Å². The first-order valence-corrected chi connectivity index (χ1v) is 32.3. The minimum absolute atomic E-state index is 0.0798. The Morgan fingerprint density at radius 1 is 0.270 bits per heavy atom. The molecule has 74 heavy (non-hydrogen) atoms. The smallest absolute Gasteiger partial charge is 0.306 e. The number of hydrogen-bond donors (Lipinski definition) is 0. The normalized spacial score (nSPS) is 12.4. The molecule has 0 spiro atoms. The molecular formula is C68H122O6. The van der Waals surface area contributed by atoms with Crippen LogP contribution in [-0.4, -0.2) is 37.2 Å². The number of carbonyl (C=O) groups is 3. The fourth-order valence-corrected chi connectivity index (χ4v) is 9.30. The molecule has 0 aromatic heterocycles. The fourth-order valence-electron chi connectivity index (χ4n) is 9.30. The minimum Gasteiger partial charge on any atom is -0.462 e. The van der Waals surface area contributed by atoms with Crippen LogP contribution in [0.1, 0.15) is 335 Å². The van der Waals surface area contributed by atoms with Crippen molar-refractivity contribution in [2.75, 3.05) is 13.2 Å². The predicted molar refractivity (Wildman–Crippen MR) is 321 cm³/mol. The van der Waals surface area contributed by atoms with Gasteiger partial charge in [0, 0.05) is 19.3 Å². The summed E-state index contributed by atoms with van der Waals surface area (Å²) >= 11 is 0.